The minimum absolute atomic E-state index is 0.0897. The van der Waals surface area contributed by atoms with Gasteiger partial charge in [0.2, 0.25) is 0 Å². The van der Waals surface area contributed by atoms with E-state index in [1.54, 1.807) is 6.92 Å². The molecule has 0 spiro atoms. The first-order valence-electron chi connectivity index (χ1n) is 9.20. The number of nitrogens with zero attached hydrogens (tertiary/aromatic N) is 1. The summed E-state index contributed by atoms with van der Waals surface area (Å²) in [5.74, 6) is 0. The molecule has 7 N–H and O–H groups in total. The van der Waals surface area contributed by atoms with Gasteiger partial charge in [0.1, 0.15) is 18.3 Å². The predicted octanol–water partition coefficient (Wildman–Crippen LogP) is -0.776. The Morgan fingerprint density at radius 2 is 1.76 bits per heavy atom. The second-order valence-corrected chi connectivity index (χ2v) is 11.6. The molecule has 194 valence electrons. The molecule has 2 rings (SSSR count). The van der Waals surface area contributed by atoms with E-state index in [0.717, 1.165) is 16.8 Å². The fourth-order valence-electron chi connectivity index (χ4n) is 2.99. The van der Waals surface area contributed by atoms with Crippen molar-refractivity contribution in [2.24, 2.45) is 0 Å². The van der Waals surface area contributed by atoms with E-state index in [2.05, 4.69) is 15.2 Å². The highest BCUT2D eigenvalue weighted by atomic mass is 31.3. The van der Waals surface area contributed by atoms with Gasteiger partial charge < -0.3 is 34.5 Å². The second-order valence-electron chi connectivity index (χ2n) is 7.22. The Morgan fingerprint density at radius 3 is 2.29 bits per heavy atom. The van der Waals surface area contributed by atoms with Gasteiger partial charge in [-0.05, 0) is 19.8 Å². The molecule has 0 saturated carbocycles. The Hall–Kier alpha value is -1.29. The van der Waals surface area contributed by atoms with Crippen LogP contribution in [0.25, 0.3) is 0 Å². The molecule has 20 heteroatoms. The predicted molar refractivity (Wildman–Crippen MR) is 110 cm³/mol. The number of aromatic amines is 1. The van der Waals surface area contributed by atoms with Crippen LogP contribution in [0.5, 0.6) is 0 Å². The Labute approximate surface area is 190 Å². The van der Waals surface area contributed by atoms with Crippen LogP contribution in [-0.4, -0.2) is 63.8 Å². The Balaban J connectivity index is 2.31. The largest absolute Gasteiger partial charge is 0.490 e. The van der Waals surface area contributed by atoms with Crippen LogP contribution in [0, 0.1) is 0 Å². The van der Waals surface area contributed by atoms with Crippen molar-refractivity contribution in [2.75, 3.05) is 0 Å². The van der Waals surface area contributed by atoms with Crippen LogP contribution >= 0.6 is 23.5 Å². The van der Waals surface area contributed by atoms with Gasteiger partial charge in [-0.25, -0.2) is 18.5 Å². The highest BCUT2D eigenvalue weighted by Crippen LogP contribution is 2.66. The minimum atomic E-state index is -5.81. The SMILES string of the molecule is C=C(C)CCC(OP(=O)(O)OP(=O)(O)OP(=O)(O)O)[C@H]1O[C@@H](n2ccc(=O)[nH]c2=O)[C@H](O)[C@@H]1O. The fourth-order valence-corrected chi connectivity index (χ4v) is 6.21. The first-order valence-corrected chi connectivity index (χ1v) is 13.7. The molecule has 7 atom stereocenters. The van der Waals surface area contributed by atoms with Crippen molar-refractivity contribution < 1.29 is 61.4 Å². The lowest BCUT2D eigenvalue weighted by Crippen LogP contribution is -2.40. The fraction of sp³-hybridized carbons (Fsp3) is 0.571. The summed E-state index contributed by atoms with van der Waals surface area (Å²) in [5.41, 5.74) is -1.23. The van der Waals surface area contributed by atoms with Crippen LogP contribution in [0.3, 0.4) is 0 Å². The molecule has 17 nitrogen and oxygen atoms in total. The summed E-state index contributed by atoms with van der Waals surface area (Å²) in [4.78, 5) is 61.6. The molecule has 1 fully saturated rings. The second kappa shape index (κ2) is 10.8. The third kappa shape index (κ3) is 8.14. The number of H-pyrrole nitrogens is 1. The third-order valence-electron chi connectivity index (χ3n) is 4.31. The summed E-state index contributed by atoms with van der Waals surface area (Å²) in [6, 6.07) is 0.932. The monoisotopic (exact) mass is 552 g/mol. The normalized spacial score (nSPS) is 27.6. The molecule has 0 amide bonds. The molecule has 0 bridgehead atoms. The first kappa shape index (κ1) is 28.9. The summed E-state index contributed by atoms with van der Waals surface area (Å²) >= 11 is 0. The van der Waals surface area contributed by atoms with E-state index in [0.29, 0.717) is 5.57 Å². The molecule has 2 heterocycles. The van der Waals surface area contributed by atoms with Crippen molar-refractivity contribution in [2.45, 2.75) is 50.4 Å². The van der Waals surface area contributed by atoms with E-state index in [4.69, 9.17) is 19.0 Å². The molecule has 1 aromatic heterocycles. The maximum absolute atomic E-state index is 12.3. The zero-order valence-electron chi connectivity index (χ0n) is 17.3. The van der Waals surface area contributed by atoms with Gasteiger partial charge in [-0.1, -0.05) is 5.57 Å². The lowest BCUT2D eigenvalue weighted by Gasteiger charge is -2.27. The number of aliphatic hydroxyl groups excluding tert-OH is 2. The number of allylic oxidation sites excluding steroid dienone is 1. The van der Waals surface area contributed by atoms with Crippen molar-refractivity contribution >= 4 is 23.5 Å². The molecule has 0 radical (unpaired) electrons. The Kier molecular flexibility index (Phi) is 9.16. The van der Waals surface area contributed by atoms with Gasteiger partial charge in [0.15, 0.2) is 6.23 Å². The van der Waals surface area contributed by atoms with E-state index in [1.165, 1.54) is 0 Å². The maximum Gasteiger partial charge on any atom is 0.490 e. The number of phosphoric acid groups is 3. The highest BCUT2D eigenvalue weighted by molar-refractivity contribution is 7.66. The van der Waals surface area contributed by atoms with Crippen LogP contribution < -0.4 is 11.2 Å². The summed E-state index contributed by atoms with van der Waals surface area (Å²) in [7, 11) is -17.0. The van der Waals surface area contributed by atoms with Crippen molar-refractivity contribution in [1.82, 2.24) is 9.55 Å². The lowest BCUT2D eigenvalue weighted by molar-refractivity contribution is -0.0849. The van der Waals surface area contributed by atoms with E-state index in [-0.39, 0.29) is 12.8 Å². The molecule has 1 aliphatic rings. The van der Waals surface area contributed by atoms with Crippen molar-refractivity contribution in [3.8, 4) is 0 Å². The van der Waals surface area contributed by atoms with Crippen molar-refractivity contribution in [1.29, 1.82) is 0 Å². The number of hydrogen-bond acceptors (Lipinski definition) is 11. The third-order valence-corrected chi connectivity index (χ3v) is 8.17. The van der Waals surface area contributed by atoms with E-state index >= 15 is 0 Å². The molecule has 3 unspecified atom stereocenters. The van der Waals surface area contributed by atoms with Gasteiger partial charge in [-0.2, -0.15) is 8.62 Å². The topological polar surface area (TPSA) is 264 Å². The van der Waals surface area contributed by atoms with Gasteiger partial charge in [0.05, 0.1) is 6.10 Å². The minimum Gasteiger partial charge on any atom is -0.387 e. The maximum atomic E-state index is 12.3. The van der Waals surface area contributed by atoms with Crippen LogP contribution in [0.4, 0.5) is 0 Å². The van der Waals surface area contributed by atoms with E-state index in [1.807, 2.05) is 4.98 Å². The Morgan fingerprint density at radius 1 is 1.15 bits per heavy atom. The van der Waals surface area contributed by atoms with Crippen molar-refractivity contribution in [3.63, 3.8) is 0 Å². The average molecular weight is 552 g/mol. The highest BCUT2D eigenvalue weighted by Gasteiger charge is 2.50. The molecule has 0 aromatic carbocycles. The molecule has 34 heavy (non-hydrogen) atoms. The van der Waals surface area contributed by atoms with Gasteiger partial charge >= 0.3 is 29.2 Å². The van der Waals surface area contributed by atoms with Gasteiger partial charge in [0, 0.05) is 12.3 Å². The molecule has 1 saturated heterocycles. The quantitative estimate of drug-likeness (QED) is 0.131. The smallest absolute Gasteiger partial charge is 0.387 e. The summed E-state index contributed by atoms with van der Waals surface area (Å²) < 4.78 is 53.0. The number of aromatic nitrogens is 2. The lowest BCUT2D eigenvalue weighted by atomic mass is 10.0. The Bertz CT molecular complexity index is 1160. The zero-order valence-corrected chi connectivity index (χ0v) is 20.0. The number of phosphoric ester groups is 1. The number of aliphatic hydroxyl groups is 2. The van der Waals surface area contributed by atoms with Crippen LogP contribution in [0.15, 0.2) is 34.0 Å². The van der Waals surface area contributed by atoms with Crippen LogP contribution in [0.1, 0.15) is 26.0 Å². The molecular formula is C14H23N2O15P3. The number of hydrogen-bond donors (Lipinski definition) is 7. The van der Waals surface area contributed by atoms with Gasteiger partial charge in [0.25, 0.3) is 5.56 Å². The average Bonchev–Trinajstić information content (AvgIpc) is 2.91. The summed E-state index contributed by atoms with van der Waals surface area (Å²) in [6.45, 7) is 5.20. The molecular weight excluding hydrogens is 529 g/mol. The standard InChI is InChI=1S/C14H23N2O15P3/c1-7(2)3-4-8(29-33(24,25)31-34(26,27)30-32(21,22)23)12-10(18)11(19)13(28-12)16-6-5-9(17)15-14(16)20/h5-6,8,10-13,18-19H,1,3-4H2,2H3,(H,24,25)(H,26,27)(H,15,17,20)(H2,21,22,23)/t8?,10-,11+,12+,13+/m0/s1. The number of rotatable bonds is 11. The van der Waals surface area contributed by atoms with E-state index in [9.17, 15) is 43.3 Å². The van der Waals surface area contributed by atoms with Crippen LogP contribution in [-0.2, 0) is 31.6 Å². The summed E-state index contributed by atoms with van der Waals surface area (Å²) in [6.07, 6.45) is -7.70. The van der Waals surface area contributed by atoms with Gasteiger partial charge in [-0.3, -0.25) is 18.9 Å². The van der Waals surface area contributed by atoms with Crippen LogP contribution in [0.2, 0.25) is 0 Å². The molecule has 1 aromatic rings. The molecule has 0 aliphatic carbocycles. The summed E-state index contributed by atoms with van der Waals surface area (Å²) in [5, 5.41) is 20.8. The number of ether oxygens (including phenoxy) is 1. The number of nitrogens with one attached hydrogen (secondary N) is 1. The van der Waals surface area contributed by atoms with E-state index < -0.39 is 65.4 Å². The molecule has 1 aliphatic heterocycles. The zero-order chi connectivity index (χ0) is 26.1. The van der Waals surface area contributed by atoms with Gasteiger partial charge in [-0.15, -0.1) is 6.58 Å². The van der Waals surface area contributed by atoms with Crippen molar-refractivity contribution in [3.05, 3.63) is 45.3 Å². The first-order chi connectivity index (χ1) is 15.4.